The number of ether oxygens (including phenoxy) is 2. The van der Waals surface area contributed by atoms with E-state index in [0.29, 0.717) is 0 Å². The number of aliphatic hydroxyl groups excluding tert-OH is 1. The van der Waals surface area contributed by atoms with E-state index in [-0.39, 0.29) is 42.8 Å². The summed E-state index contributed by atoms with van der Waals surface area (Å²) in [5.74, 6) is -0.631. The summed E-state index contributed by atoms with van der Waals surface area (Å²) in [6, 6.07) is 4.06. The van der Waals surface area contributed by atoms with Crippen LogP contribution in [0.5, 0.6) is 5.75 Å². The van der Waals surface area contributed by atoms with Crippen LogP contribution in [0.3, 0.4) is 0 Å². The third-order valence-corrected chi connectivity index (χ3v) is 2.18. The molecule has 0 aliphatic rings. The van der Waals surface area contributed by atoms with Gasteiger partial charge in [0.25, 0.3) is 0 Å². The number of aliphatic hydroxyl groups is 1. The SMILES string of the molecule is O=C(OCCOCCO)c1ccc(O)c(Cl)c1. The molecule has 1 rings (SSSR count). The van der Waals surface area contributed by atoms with Crippen molar-refractivity contribution in [3.8, 4) is 5.75 Å². The third kappa shape index (κ3) is 4.60. The van der Waals surface area contributed by atoms with Crippen molar-refractivity contribution in [2.45, 2.75) is 0 Å². The molecule has 0 aliphatic heterocycles. The van der Waals surface area contributed by atoms with Gasteiger partial charge in [-0.1, -0.05) is 11.6 Å². The van der Waals surface area contributed by atoms with Crippen LogP contribution in [0.4, 0.5) is 0 Å². The molecule has 0 heterocycles. The molecule has 0 spiro atoms. The fraction of sp³-hybridized carbons (Fsp3) is 0.364. The van der Waals surface area contributed by atoms with Gasteiger partial charge in [0.05, 0.1) is 30.4 Å². The molecule has 0 radical (unpaired) electrons. The van der Waals surface area contributed by atoms with Gasteiger partial charge in [0.15, 0.2) is 0 Å². The summed E-state index contributed by atoms with van der Waals surface area (Å²) >= 11 is 5.65. The van der Waals surface area contributed by atoms with Crippen LogP contribution in [0.15, 0.2) is 18.2 Å². The summed E-state index contributed by atoms with van der Waals surface area (Å²) in [6.07, 6.45) is 0. The van der Waals surface area contributed by atoms with Gasteiger partial charge in [0.2, 0.25) is 0 Å². The Morgan fingerprint density at radius 2 is 2.06 bits per heavy atom. The van der Waals surface area contributed by atoms with E-state index in [2.05, 4.69) is 0 Å². The lowest BCUT2D eigenvalue weighted by Crippen LogP contribution is -2.12. The second-order valence-corrected chi connectivity index (χ2v) is 3.55. The van der Waals surface area contributed by atoms with Crippen LogP contribution in [0.1, 0.15) is 10.4 Å². The predicted octanol–water partition coefficient (Wildman–Crippen LogP) is 1.21. The molecule has 5 nitrogen and oxygen atoms in total. The quantitative estimate of drug-likeness (QED) is 0.594. The zero-order valence-electron chi connectivity index (χ0n) is 9.06. The lowest BCUT2D eigenvalue weighted by atomic mass is 10.2. The summed E-state index contributed by atoms with van der Waals surface area (Å²) in [5.41, 5.74) is 0.259. The summed E-state index contributed by atoms with van der Waals surface area (Å²) < 4.78 is 9.80. The number of carbonyl (C=O) groups excluding carboxylic acids is 1. The molecule has 17 heavy (non-hydrogen) atoms. The molecule has 0 unspecified atom stereocenters. The zero-order valence-corrected chi connectivity index (χ0v) is 9.81. The van der Waals surface area contributed by atoms with E-state index < -0.39 is 5.97 Å². The van der Waals surface area contributed by atoms with E-state index in [4.69, 9.17) is 26.2 Å². The molecule has 94 valence electrons. The fourth-order valence-electron chi connectivity index (χ4n) is 1.08. The van der Waals surface area contributed by atoms with Gasteiger partial charge in [0.1, 0.15) is 12.4 Å². The molecule has 0 bridgehead atoms. The van der Waals surface area contributed by atoms with E-state index in [1.807, 2.05) is 0 Å². The molecular formula is C11H13ClO5. The van der Waals surface area contributed by atoms with Gasteiger partial charge in [0, 0.05) is 0 Å². The Morgan fingerprint density at radius 1 is 1.29 bits per heavy atom. The number of phenols is 1. The first-order chi connectivity index (χ1) is 8.15. The molecule has 0 saturated carbocycles. The number of aromatic hydroxyl groups is 1. The van der Waals surface area contributed by atoms with Crippen molar-refractivity contribution in [2.75, 3.05) is 26.4 Å². The summed E-state index contributed by atoms with van der Waals surface area (Å²) in [5, 5.41) is 17.7. The Labute approximate surface area is 104 Å². The van der Waals surface area contributed by atoms with Crippen molar-refractivity contribution in [2.24, 2.45) is 0 Å². The molecule has 0 aromatic heterocycles. The fourth-order valence-corrected chi connectivity index (χ4v) is 1.26. The molecule has 1 aromatic rings. The highest BCUT2D eigenvalue weighted by Gasteiger charge is 2.09. The maximum absolute atomic E-state index is 11.5. The Bertz CT molecular complexity index is 380. The topological polar surface area (TPSA) is 76.0 Å². The minimum absolute atomic E-state index is 0.0679. The minimum atomic E-state index is -0.542. The number of rotatable bonds is 6. The normalized spacial score (nSPS) is 10.2. The van der Waals surface area contributed by atoms with Gasteiger partial charge < -0.3 is 19.7 Å². The van der Waals surface area contributed by atoms with Crippen molar-refractivity contribution in [3.63, 3.8) is 0 Å². The first kappa shape index (κ1) is 13.8. The molecular weight excluding hydrogens is 248 g/mol. The van der Waals surface area contributed by atoms with E-state index in [1.54, 1.807) is 0 Å². The first-order valence-corrected chi connectivity index (χ1v) is 5.37. The smallest absolute Gasteiger partial charge is 0.338 e. The largest absolute Gasteiger partial charge is 0.506 e. The molecule has 2 N–H and O–H groups in total. The first-order valence-electron chi connectivity index (χ1n) is 4.99. The molecule has 0 aliphatic carbocycles. The minimum Gasteiger partial charge on any atom is -0.506 e. The lowest BCUT2D eigenvalue weighted by Gasteiger charge is -2.06. The highest BCUT2D eigenvalue weighted by Crippen LogP contribution is 2.23. The van der Waals surface area contributed by atoms with Crippen LogP contribution in [0, 0.1) is 0 Å². The highest BCUT2D eigenvalue weighted by molar-refractivity contribution is 6.32. The molecule has 0 amide bonds. The number of halogens is 1. The number of esters is 1. The summed E-state index contributed by atoms with van der Waals surface area (Å²) in [4.78, 5) is 11.5. The van der Waals surface area contributed by atoms with E-state index in [0.717, 1.165) is 0 Å². The second kappa shape index (κ2) is 7.11. The van der Waals surface area contributed by atoms with Gasteiger partial charge in [-0.3, -0.25) is 0 Å². The van der Waals surface area contributed by atoms with Crippen molar-refractivity contribution in [1.29, 1.82) is 0 Å². The molecule has 0 saturated heterocycles. The Balaban J connectivity index is 2.39. The van der Waals surface area contributed by atoms with Crippen molar-refractivity contribution in [3.05, 3.63) is 28.8 Å². The van der Waals surface area contributed by atoms with E-state index in [1.165, 1.54) is 18.2 Å². The predicted molar refractivity (Wildman–Crippen MR) is 61.3 cm³/mol. The van der Waals surface area contributed by atoms with Gasteiger partial charge >= 0.3 is 5.97 Å². The Kier molecular flexibility index (Phi) is 5.76. The molecule has 1 aromatic carbocycles. The van der Waals surface area contributed by atoms with Gasteiger partial charge in [-0.05, 0) is 18.2 Å². The van der Waals surface area contributed by atoms with Crippen LogP contribution in [-0.4, -0.2) is 42.6 Å². The average Bonchev–Trinajstić information content (AvgIpc) is 2.32. The molecule has 0 fully saturated rings. The van der Waals surface area contributed by atoms with Crippen LogP contribution in [-0.2, 0) is 9.47 Å². The van der Waals surface area contributed by atoms with Gasteiger partial charge in [-0.15, -0.1) is 0 Å². The maximum Gasteiger partial charge on any atom is 0.338 e. The zero-order chi connectivity index (χ0) is 12.7. The lowest BCUT2D eigenvalue weighted by molar-refractivity contribution is 0.0258. The van der Waals surface area contributed by atoms with Crippen molar-refractivity contribution >= 4 is 17.6 Å². The number of carbonyl (C=O) groups is 1. The van der Waals surface area contributed by atoms with Crippen LogP contribution >= 0.6 is 11.6 Å². The van der Waals surface area contributed by atoms with E-state index >= 15 is 0 Å². The second-order valence-electron chi connectivity index (χ2n) is 3.14. The summed E-state index contributed by atoms with van der Waals surface area (Å²) in [7, 11) is 0. The van der Waals surface area contributed by atoms with E-state index in [9.17, 15) is 9.90 Å². The average molecular weight is 261 g/mol. The molecule has 0 atom stereocenters. The number of benzene rings is 1. The van der Waals surface area contributed by atoms with Gasteiger partial charge in [-0.25, -0.2) is 4.79 Å². The van der Waals surface area contributed by atoms with Crippen molar-refractivity contribution in [1.82, 2.24) is 0 Å². The Morgan fingerprint density at radius 3 is 2.71 bits per heavy atom. The number of phenolic OH excluding ortho intramolecular Hbond substituents is 1. The standard InChI is InChI=1S/C11H13ClO5/c12-9-7-8(1-2-10(9)14)11(15)17-6-5-16-4-3-13/h1-2,7,13-14H,3-6H2. The third-order valence-electron chi connectivity index (χ3n) is 1.88. The highest BCUT2D eigenvalue weighted by atomic mass is 35.5. The monoisotopic (exact) mass is 260 g/mol. The van der Waals surface area contributed by atoms with Crippen LogP contribution < -0.4 is 0 Å². The van der Waals surface area contributed by atoms with Crippen molar-refractivity contribution < 1.29 is 24.5 Å². The van der Waals surface area contributed by atoms with Gasteiger partial charge in [-0.2, -0.15) is 0 Å². The summed E-state index contributed by atoms with van der Waals surface area (Å²) in [6.45, 7) is 0.458. The van der Waals surface area contributed by atoms with Crippen LogP contribution in [0.25, 0.3) is 0 Å². The number of hydrogen-bond donors (Lipinski definition) is 2. The maximum atomic E-state index is 11.5. The van der Waals surface area contributed by atoms with Crippen LogP contribution in [0.2, 0.25) is 5.02 Å². The number of hydrogen-bond acceptors (Lipinski definition) is 5. The Hall–Kier alpha value is -1.30. The molecule has 6 heteroatoms.